The van der Waals surface area contributed by atoms with Crippen LogP contribution in [-0.2, 0) is 12.1 Å². The van der Waals surface area contributed by atoms with E-state index in [9.17, 15) is 13.9 Å². The maximum absolute atomic E-state index is 14.4. The van der Waals surface area contributed by atoms with E-state index >= 15 is 0 Å². The lowest BCUT2D eigenvalue weighted by atomic mass is 9.82. The van der Waals surface area contributed by atoms with Gasteiger partial charge in [-0.15, -0.1) is 0 Å². The molecule has 0 spiro atoms. The number of aliphatic hydroxyl groups is 1. The summed E-state index contributed by atoms with van der Waals surface area (Å²) in [5.74, 6) is -1.57. The van der Waals surface area contributed by atoms with E-state index in [2.05, 4.69) is 16.7 Å². The first-order valence-electron chi connectivity index (χ1n) is 7.26. The quantitative estimate of drug-likeness (QED) is 0.783. The second kappa shape index (κ2) is 6.33. The summed E-state index contributed by atoms with van der Waals surface area (Å²) in [4.78, 5) is 3.83. The van der Waals surface area contributed by atoms with Crippen molar-refractivity contribution in [2.24, 2.45) is 0 Å². The first-order chi connectivity index (χ1) is 11.5. The second-order valence-corrected chi connectivity index (χ2v) is 5.42. The van der Waals surface area contributed by atoms with Crippen LogP contribution in [-0.4, -0.2) is 19.9 Å². The van der Waals surface area contributed by atoms with Gasteiger partial charge in [0.05, 0.1) is 6.54 Å². The summed E-state index contributed by atoms with van der Waals surface area (Å²) in [7, 11) is 0. The Balaban J connectivity index is 2.11. The van der Waals surface area contributed by atoms with Gasteiger partial charge in [-0.2, -0.15) is 5.10 Å². The maximum atomic E-state index is 14.4. The Kier molecular flexibility index (Phi) is 4.22. The van der Waals surface area contributed by atoms with Gasteiger partial charge >= 0.3 is 0 Å². The summed E-state index contributed by atoms with van der Waals surface area (Å²) in [5, 5.41) is 15.3. The number of nitrogens with zero attached hydrogens (tertiary/aromatic N) is 3. The number of halogens is 2. The van der Waals surface area contributed by atoms with Gasteiger partial charge in [0.25, 0.3) is 0 Å². The standard InChI is InChI=1S/C18H15F2N3O/c1-13(14-5-3-2-4-6-14)18(24,10-23-12-21-11-22-23)16-8-7-15(19)9-17(16)20/h2-9,11-12,24H,1,10H2. The minimum atomic E-state index is -1.81. The number of aromatic nitrogens is 3. The Bertz CT molecular complexity index is 850. The third-order valence-corrected chi connectivity index (χ3v) is 3.86. The highest BCUT2D eigenvalue weighted by molar-refractivity contribution is 5.72. The van der Waals surface area contributed by atoms with Gasteiger partial charge in [-0.1, -0.05) is 36.9 Å². The molecule has 0 bridgehead atoms. The fraction of sp³-hybridized carbons (Fsp3) is 0.111. The van der Waals surface area contributed by atoms with Crippen LogP contribution in [0.1, 0.15) is 11.1 Å². The van der Waals surface area contributed by atoms with Gasteiger partial charge in [0.2, 0.25) is 0 Å². The van der Waals surface area contributed by atoms with Gasteiger partial charge in [-0.3, -0.25) is 0 Å². The molecule has 1 aromatic heterocycles. The zero-order valence-electron chi connectivity index (χ0n) is 12.7. The molecule has 1 N–H and O–H groups in total. The van der Waals surface area contributed by atoms with Crippen LogP contribution in [0.15, 0.2) is 67.8 Å². The summed E-state index contributed by atoms with van der Waals surface area (Å²) in [5.41, 5.74) is -0.964. The van der Waals surface area contributed by atoms with Gasteiger partial charge in [0.1, 0.15) is 29.9 Å². The van der Waals surface area contributed by atoms with E-state index in [1.54, 1.807) is 24.3 Å². The van der Waals surface area contributed by atoms with Crippen molar-refractivity contribution in [2.75, 3.05) is 0 Å². The molecule has 6 heteroatoms. The summed E-state index contributed by atoms with van der Waals surface area (Å²) in [6.45, 7) is 3.84. The fourth-order valence-corrected chi connectivity index (χ4v) is 2.59. The van der Waals surface area contributed by atoms with Crippen molar-refractivity contribution in [3.63, 3.8) is 0 Å². The van der Waals surface area contributed by atoms with E-state index in [0.29, 0.717) is 5.56 Å². The predicted molar refractivity (Wildman–Crippen MR) is 85.8 cm³/mol. The Morgan fingerprint density at radius 1 is 1.17 bits per heavy atom. The molecule has 2 aromatic carbocycles. The number of rotatable bonds is 5. The molecular weight excluding hydrogens is 312 g/mol. The molecule has 0 aliphatic carbocycles. The Morgan fingerprint density at radius 2 is 1.92 bits per heavy atom. The minimum Gasteiger partial charge on any atom is -0.378 e. The van der Waals surface area contributed by atoms with Crippen LogP contribution in [0.5, 0.6) is 0 Å². The third kappa shape index (κ3) is 2.96. The third-order valence-electron chi connectivity index (χ3n) is 3.86. The Labute approximate surface area is 137 Å². The Morgan fingerprint density at radius 3 is 2.54 bits per heavy atom. The van der Waals surface area contributed by atoms with Gasteiger partial charge < -0.3 is 5.11 Å². The number of hydrogen-bond acceptors (Lipinski definition) is 3. The number of benzene rings is 2. The topological polar surface area (TPSA) is 50.9 Å². The van der Waals surface area contributed by atoms with Crippen LogP contribution in [0.4, 0.5) is 8.78 Å². The smallest absolute Gasteiger partial charge is 0.137 e. The molecule has 0 amide bonds. The van der Waals surface area contributed by atoms with Crippen molar-refractivity contribution in [1.29, 1.82) is 0 Å². The molecule has 0 aliphatic heterocycles. The molecule has 0 saturated heterocycles. The van der Waals surface area contributed by atoms with Crippen LogP contribution in [0.25, 0.3) is 5.57 Å². The van der Waals surface area contributed by atoms with Crippen molar-refractivity contribution < 1.29 is 13.9 Å². The molecular formula is C18H15F2N3O. The van der Waals surface area contributed by atoms with E-state index in [1.165, 1.54) is 23.4 Å². The van der Waals surface area contributed by atoms with E-state index in [1.807, 2.05) is 6.07 Å². The first-order valence-corrected chi connectivity index (χ1v) is 7.26. The summed E-state index contributed by atoms with van der Waals surface area (Å²) in [6.07, 6.45) is 2.72. The molecule has 0 aliphatic rings. The zero-order chi connectivity index (χ0) is 17.2. The molecule has 3 rings (SSSR count). The number of hydrogen-bond donors (Lipinski definition) is 1. The largest absolute Gasteiger partial charge is 0.378 e. The average Bonchev–Trinajstić information content (AvgIpc) is 3.07. The molecule has 4 nitrogen and oxygen atoms in total. The lowest BCUT2D eigenvalue weighted by molar-refractivity contribution is 0.0726. The average molecular weight is 327 g/mol. The van der Waals surface area contributed by atoms with Crippen molar-refractivity contribution in [2.45, 2.75) is 12.1 Å². The van der Waals surface area contributed by atoms with Crippen LogP contribution >= 0.6 is 0 Å². The molecule has 122 valence electrons. The summed E-state index contributed by atoms with van der Waals surface area (Å²) in [6, 6.07) is 12.0. The lowest BCUT2D eigenvalue weighted by Gasteiger charge is -2.31. The monoisotopic (exact) mass is 327 g/mol. The lowest BCUT2D eigenvalue weighted by Crippen LogP contribution is -2.34. The maximum Gasteiger partial charge on any atom is 0.137 e. The summed E-state index contributed by atoms with van der Waals surface area (Å²) < 4.78 is 29.0. The van der Waals surface area contributed by atoms with Gasteiger partial charge in [0, 0.05) is 11.6 Å². The van der Waals surface area contributed by atoms with Crippen molar-refractivity contribution in [3.8, 4) is 0 Å². The first kappa shape index (κ1) is 16.0. The molecule has 3 aromatic rings. The van der Waals surface area contributed by atoms with Crippen LogP contribution in [0, 0.1) is 11.6 Å². The predicted octanol–water partition coefficient (Wildman–Crippen LogP) is 3.16. The molecule has 1 heterocycles. The van der Waals surface area contributed by atoms with Crippen molar-refractivity contribution in [3.05, 3.63) is 90.5 Å². The van der Waals surface area contributed by atoms with Crippen LogP contribution in [0.2, 0.25) is 0 Å². The molecule has 1 atom stereocenters. The van der Waals surface area contributed by atoms with Gasteiger partial charge in [-0.25, -0.2) is 18.4 Å². The SMILES string of the molecule is C=C(c1ccccc1)C(O)(Cn1cncn1)c1ccc(F)cc1F. The highest BCUT2D eigenvalue weighted by atomic mass is 19.1. The zero-order valence-corrected chi connectivity index (χ0v) is 12.7. The normalized spacial score (nSPS) is 13.5. The molecule has 0 fully saturated rings. The molecule has 24 heavy (non-hydrogen) atoms. The highest BCUT2D eigenvalue weighted by Gasteiger charge is 2.37. The minimum absolute atomic E-state index is 0.0757. The van der Waals surface area contributed by atoms with E-state index in [0.717, 1.165) is 12.1 Å². The van der Waals surface area contributed by atoms with E-state index < -0.39 is 17.2 Å². The van der Waals surface area contributed by atoms with E-state index in [4.69, 9.17) is 0 Å². The van der Waals surface area contributed by atoms with Crippen LogP contribution in [0.3, 0.4) is 0 Å². The van der Waals surface area contributed by atoms with Crippen molar-refractivity contribution >= 4 is 5.57 Å². The van der Waals surface area contributed by atoms with Crippen molar-refractivity contribution in [1.82, 2.24) is 14.8 Å². The van der Waals surface area contributed by atoms with E-state index in [-0.39, 0.29) is 17.7 Å². The summed E-state index contributed by atoms with van der Waals surface area (Å²) >= 11 is 0. The Hall–Kier alpha value is -2.86. The second-order valence-electron chi connectivity index (χ2n) is 5.42. The van der Waals surface area contributed by atoms with Crippen LogP contribution < -0.4 is 0 Å². The molecule has 1 unspecified atom stereocenters. The fourth-order valence-electron chi connectivity index (χ4n) is 2.59. The molecule has 0 radical (unpaired) electrons. The van der Waals surface area contributed by atoms with Gasteiger partial charge in [0.15, 0.2) is 0 Å². The van der Waals surface area contributed by atoms with Gasteiger partial charge in [-0.05, 0) is 23.3 Å². The highest BCUT2D eigenvalue weighted by Crippen LogP contribution is 2.37. The molecule has 0 saturated carbocycles.